The fourth-order valence-electron chi connectivity index (χ4n) is 0.619. The number of hydrogen-bond donors (Lipinski definition) is 0. The Kier molecular flexibility index (Phi) is 1.96. The van der Waals surface area contributed by atoms with Gasteiger partial charge in [-0.05, 0) is 0 Å². The number of halogens is 1. The molecule has 0 N–H and O–H groups in total. The maximum absolute atomic E-state index is 12.7. The summed E-state index contributed by atoms with van der Waals surface area (Å²) in [6.07, 6.45) is 0.716. The normalized spacial score (nSPS) is 9.00. The Morgan fingerprint density at radius 2 is 2.42 bits per heavy atom. The number of hydrogen-bond acceptors (Lipinski definition) is 4. The zero-order valence-corrected chi connectivity index (χ0v) is 5.69. The van der Waals surface area contributed by atoms with Crippen molar-refractivity contribution in [1.82, 2.24) is 4.98 Å². The molecule has 5 nitrogen and oxygen atoms in total. The van der Waals surface area contributed by atoms with E-state index in [1.165, 1.54) is 0 Å². The molecule has 0 bridgehead atoms. The first kappa shape index (κ1) is 8.07. The van der Waals surface area contributed by atoms with Crippen LogP contribution < -0.4 is 0 Å². The van der Waals surface area contributed by atoms with E-state index in [1.54, 1.807) is 6.07 Å². The number of nitro groups is 1. The second kappa shape index (κ2) is 2.92. The molecule has 0 aliphatic heterocycles. The van der Waals surface area contributed by atoms with Crippen molar-refractivity contribution in [2.75, 3.05) is 0 Å². The van der Waals surface area contributed by atoms with Gasteiger partial charge in [-0.1, -0.05) is 0 Å². The predicted octanol–water partition coefficient (Wildman–Crippen LogP) is 1.00. The van der Waals surface area contributed by atoms with E-state index in [4.69, 9.17) is 5.26 Å². The van der Waals surface area contributed by atoms with Crippen molar-refractivity contribution in [3.8, 4) is 6.07 Å². The first-order valence-corrected chi connectivity index (χ1v) is 2.85. The Labute approximate surface area is 66.2 Å². The highest BCUT2D eigenvalue weighted by molar-refractivity contribution is 5.33. The smallest absolute Gasteiger partial charge is 0.258 e. The maximum Gasteiger partial charge on any atom is 0.322 e. The summed E-state index contributed by atoms with van der Waals surface area (Å²) in [5.41, 5.74) is -0.910. The van der Waals surface area contributed by atoms with Gasteiger partial charge in [0.25, 0.3) is 0 Å². The molecule has 0 fully saturated rings. The van der Waals surface area contributed by atoms with Crippen molar-refractivity contribution in [3.63, 3.8) is 0 Å². The Bertz CT molecular complexity index is 372. The van der Waals surface area contributed by atoms with Crippen LogP contribution in [-0.4, -0.2) is 9.91 Å². The monoisotopic (exact) mass is 167 g/mol. The van der Waals surface area contributed by atoms with Gasteiger partial charge in [0.05, 0.1) is 4.92 Å². The van der Waals surface area contributed by atoms with E-state index in [0.29, 0.717) is 6.20 Å². The van der Waals surface area contributed by atoms with Gasteiger partial charge in [-0.2, -0.15) is 9.65 Å². The van der Waals surface area contributed by atoms with E-state index in [2.05, 4.69) is 4.98 Å². The van der Waals surface area contributed by atoms with Gasteiger partial charge in [-0.25, -0.2) is 4.98 Å². The Morgan fingerprint density at radius 3 is 2.83 bits per heavy atom. The van der Waals surface area contributed by atoms with Crippen LogP contribution in [0.3, 0.4) is 0 Å². The molecule has 1 aromatic heterocycles. The van der Waals surface area contributed by atoms with Crippen LogP contribution in [0.15, 0.2) is 12.3 Å². The average molecular weight is 167 g/mol. The molecule has 60 valence electrons. The second-order valence-electron chi connectivity index (χ2n) is 1.89. The Morgan fingerprint density at radius 1 is 1.75 bits per heavy atom. The summed E-state index contributed by atoms with van der Waals surface area (Å²) in [5, 5.41) is 18.3. The summed E-state index contributed by atoms with van der Waals surface area (Å²) >= 11 is 0. The van der Waals surface area contributed by atoms with Crippen LogP contribution in [0.5, 0.6) is 0 Å². The number of rotatable bonds is 1. The second-order valence-corrected chi connectivity index (χ2v) is 1.89. The lowest BCUT2D eigenvalue weighted by Gasteiger charge is -1.91. The molecule has 0 saturated carbocycles. The molecule has 0 atom stereocenters. The lowest BCUT2D eigenvalue weighted by atomic mass is 10.3. The highest BCUT2D eigenvalue weighted by Gasteiger charge is 2.14. The standard InChI is InChI=1S/C6H2FN3O2/c7-5-1-4(2-8)9-3-6(5)10(11)12/h1,3H. The van der Waals surface area contributed by atoms with Crippen molar-refractivity contribution in [2.45, 2.75) is 0 Å². The molecule has 0 aromatic carbocycles. The van der Waals surface area contributed by atoms with Crippen LogP contribution in [-0.2, 0) is 0 Å². The van der Waals surface area contributed by atoms with Gasteiger partial charge in [0.1, 0.15) is 18.0 Å². The van der Waals surface area contributed by atoms with E-state index >= 15 is 0 Å². The number of aromatic nitrogens is 1. The van der Waals surface area contributed by atoms with Gasteiger partial charge in [-0.3, -0.25) is 10.1 Å². The first-order valence-electron chi connectivity index (χ1n) is 2.85. The fourth-order valence-corrected chi connectivity index (χ4v) is 0.619. The summed E-state index contributed by atoms with van der Waals surface area (Å²) in [5.74, 6) is -1.05. The molecule has 1 rings (SSSR count). The first-order chi connectivity index (χ1) is 5.65. The van der Waals surface area contributed by atoms with E-state index in [0.717, 1.165) is 6.07 Å². The van der Waals surface area contributed by atoms with Gasteiger partial charge in [0.2, 0.25) is 5.82 Å². The third-order valence-electron chi connectivity index (χ3n) is 1.15. The molecule has 12 heavy (non-hydrogen) atoms. The van der Waals surface area contributed by atoms with Crippen molar-refractivity contribution < 1.29 is 9.31 Å². The minimum atomic E-state index is -1.05. The van der Waals surface area contributed by atoms with E-state index < -0.39 is 16.4 Å². The quantitative estimate of drug-likeness (QED) is 0.461. The molecule has 1 aromatic rings. The molecule has 6 heteroatoms. The zero-order chi connectivity index (χ0) is 9.14. The molecule has 0 amide bonds. The summed E-state index contributed by atoms with van der Waals surface area (Å²) < 4.78 is 12.7. The van der Waals surface area contributed by atoms with Gasteiger partial charge in [0, 0.05) is 6.07 Å². The highest BCUT2D eigenvalue weighted by Crippen LogP contribution is 2.14. The minimum Gasteiger partial charge on any atom is -0.258 e. The molecular formula is C6H2FN3O2. The molecule has 0 radical (unpaired) electrons. The lowest BCUT2D eigenvalue weighted by Crippen LogP contribution is -1.94. The van der Waals surface area contributed by atoms with Gasteiger partial charge < -0.3 is 0 Å². The van der Waals surface area contributed by atoms with Crippen molar-refractivity contribution in [1.29, 1.82) is 5.26 Å². The van der Waals surface area contributed by atoms with Crippen molar-refractivity contribution >= 4 is 5.69 Å². The van der Waals surface area contributed by atoms with Crippen molar-refractivity contribution in [3.05, 3.63) is 33.9 Å². The molecule has 0 unspecified atom stereocenters. The van der Waals surface area contributed by atoms with Crippen LogP contribution in [0.1, 0.15) is 5.69 Å². The highest BCUT2D eigenvalue weighted by atomic mass is 19.1. The topological polar surface area (TPSA) is 79.8 Å². The fraction of sp³-hybridized carbons (Fsp3) is 0. The molecule has 0 aliphatic rings. The molecule has 0 saturated heterocycles. The average Bonchev–Trinajstić information content (AvgIpc) is 2.03. The number of nitriles is 1. The van der Waals surface area contributed by atoms with E-state index in [-0.39, 0.29) is 5.69 Å². The van der Waals surface area contributed by atoms with Crippen LogP contribution in [0.2, 0.25) is 0 Å². The SMILES string of the molecule is N#Cc1cc(F)c([N+](=O)[O-])cn1. The number of pyridine rings is 1. The van der Waals surface area contributed by atoms with Gasteiger partial charge in [0.15, 0.2) is 0 Å². The maximum atomic E-state index is 12.7. The van der Waals surface area contributed by atoms with Crippen LogP contribution in [0.25, 0.3) is 0 Å². The largest absolute Gasteiger partial charge is 0.322 e. The van der Waals surface area contributed by atoms with Gasteiger partial charge >= 0.3 is 5.69 Å². The Balaban J connectivity index is 3.23. The van der Waals surface area contributed by atoms with Gasteiger partial charge in [-0.15, -0.1) is 0 Å². The molecule has 0 spiro atoms. The van der Waals surface area contributed by atoms with E-state index in [9.17, 15) is 14.5 Å². The number of nitrogens with zero attached hydrogens (tertiary/aromatic N) is 3. The third kappa shape index (κ3) is 1.34. The third-order valence-corrected chi connectivity index (χ3v) is 1.15. The zero-order valence-electron chi connectivity index (χ0n) is 5.69. The van der Waals surface area contributed by atoms with E-state index in [1.807, 2.05) is 0 Å². The van der Waals surface area contributed by atoms with Crippen LogP contribution >= 0.6 is 0 Å². The molecule has 0 aliphatic carbocycles. The molecular weight excluding hydrogens is 165 g/mol. The van der Waals surface area contributed by atoms with Crippen molar-refractivity contribution in [2.24, 2.45) is 0 Å². The van der Waals surface area contributed by atoms with Crippen LogP contribution in [0.4, 0.5) is 10.1 Å². The summed E-state index contributed by atoms with van der Waals surface area (Å²) in [4.78, 5) is 12.5. The lowest BCUT2D eigenvalue weighted by molar-refractivity contribution is -0.387. The summed E-state index contributed by atoms with van der Waals surface area (Å²) in [6, 6.07) is 2.28. The molecule has 1 heterocycles. The Hall–Kier alpha value is -2.03. The summed E-state index contributed by atoms with van der Waals surface area (Å²) in [7, 11) is 0. The minimum absolute atomic E-state index is 0.182. The van der Waals surface area contributed by atoms with Crippen LogP contribution in [0, 0.1) is 27.3 Å². The predicted molar refractivity (Wildman–Crippen MR) is 35.6 cm³/mol. The summed E-state index contributed by atoms with van der Waals surface area (Å²) in [6.45, 7) is 0.